The Labute approximate surface area is 138 Å². The SMILES string of the molecule is O=Cc1cc(Br)ccc1OCc1csc(-c2cccs2)n1. The fourth-order valence-corrected chi connectivity index (χ4v) is 3.78. The van der Waals surface area contributed by atoms with Crippen LogP contribution in [0.5, 0.6) is 5.75 Å². The Hall–Kier alpha value is -1.50. The van der Waals surface area contributed by atoms with Crippen molar-refractivity contribution in [3.05, 3.63) is 56.8 Å². The van der Waals surface area contributed by atoms with Crippen molar-refractivity contribution >= 4 is 44.9 Å². The van der Waals surface area contributed by atoms with Gasteiger partial charge in [-0.15, -0.1) is 22.7 Å². The van der Waals surface area contributed by atoms with Crippen molar-refractivity contribution in [3.63, 3.8) is 0 Å². The zero-order chi connectivity index (χ0) is 14.7. The van der Waals surface area contributed by atoms with Crippen molar-refractivity contribution in [3.8, 4) is 15.6 Å². The molecule has 0 aliphatic heterocycles. The van der Waals surface area contributed by atoms with Crippen LogP contribution in [0.3, 0.4) is 0 Å². The van der Waals surface area contributed by atoms with E-state index in [1.54, 1.807) is 34.8 Å². The first-order valence-electron chi connectivity index (χ1n) is 6.12. The summed E-state index contributed by atoms with van der Waals surface area (Å²) in [6.07, 6.45) is 0.790. The summed E-state index contributed by atoms with van der Waals surface area (Å²) < 4.78 is 6.55. The molecule has 0 fully saturated rings. The molecule has 0 atom stereocenters. The lowest BCUT2D eigenvalue weighted by molar-refractivity contribution is 0.111. The molecule has 0 bridgehead atoms. The number of aromatic nitrogens is 1. The highest BCUT2D eigenvalue weighted by Crippen LogP contribution is 2.28. The van der Waals surface area contributed by atoms with E-state index in [2.05, 4.69) is 20.9 Å². The van der Waals surface area contributed by atoms with Crippen molar-refractivity contribution in [2.45, 2.75) is 6.61 Å². The summed E-state index contributed by atoms with van der Waals surface area (Å²) in [6, 6.07) is 9.42. The van der Waals surface area contributed by atoms with Crippen LogP contribution in [-0.2, 0) is 6.61 Å². The molecule has 21 heavy (non-hydrogen) atoms. The molecule has 0 unspecified atom stereocenters. The summed E-state index contributed by atoms with van der Waals surface area (Å²) >= 11 is 6.60. The maximum atomic E-state index is 11.0. The zero-order valence-corrected chi connectivity index (χ0v) is 14.0. The van der Waals surface area contributed by atoms with Crippen LogP contribution in [0.25, 0.3) is 9.88 Å². The molecule has 106 valence electrons. The van der Waals surface area contributed by atoms with E-state index >= 15 is 0 Å². The number of carbonyl (C=O) groups is 1. The van der Waals surface area contributed by atoms with E-state index in [9.17, 15) is 4.79 Å². The van der Waals surface area contributed by atoms with Crippen molar-refractivity contribution < 1.29 is 9.53 Å². The predicted octanol–water partition coefficient (Wildman–Crippen LogP) is 5.03. The largest absolute Gasteiger partial charge is 0.487 e. The Balaban J connectivity index is 1.72. The predicted molar refractivity (Wildman–Crippen MR) is 89.3 cm³/mol. The van der Waals surface area contributed by atoms with Crippen LogP contribution in [0.4, 0.5) is 0 Å². The molecule has 0 aliphatic rings. The first-order valence-corrected chi connectivity index (χ1v) is 8.67. The molecule has 0 aliphatic carbocycles. The van der Waals surface area contributed by atoms with Gasteiger partial charge in [-0.2, -0.15) is 0 Å². The summed E-state index contributed by atoms with van der Waals surface area (Å²) in [5, 5.41) is 5.01. The number of halogens is 1. The van der Waals surface area contributed by atoms with Crippen LogP contribution in [0.15, 0.2) is 45.6 Å². The molecule has 6 heteroatoms. The van der Waals surface area contributed by atoms with Gasteiger partial charge in [-0.25, -0.2) is 4.98 Å². The minimum atomic E-state index is 0.352. The molecule has 2 aromatic heterocycles. The summed E-state index contributed by atoms with van der Waals surface area (Å²) in [6.45, 7) is 0.352. The number of thiophene rings is 1. The number of hydrogen-bond donors (Lipinski definition) is 0. The molecule has 2 heterocycles. The van der Waals surface area contributed by atoms with Gasteiger partial charge in [0.25, 0.3) is 0 Å². The van der Waals surface area contributed by atoms with Crippen LogP contribution in [0.2, 0.25) is 0 Å². The second-order valence-corrected chi connectivity index (χ2v) is 6.93. The van der Waals surface area contributed by atoms with Gasteiger partial charge in [-0.3, -0.25) is 4.79 Å². The van der Waals surface area contributed by atoms with Gasteiger partial charge in [0.1, 0.15) is 17.4 Å². The fraction of sp³-hybridized carbons (Fsp3) is 0.0667. The minimum absolute atomic E-state index is 0.352. The highest BCUT2D eigenvalue weighted by Gasteiger charge is 2.08. The first kappa shape index (κ1) is 14.4. The Morgan fingerprint density at radius 1 is 1.29 bits per heavy atom. The topological polar surface area (TPSA) is 39.2 Å². The fourth-order valence-electron chi connectivity index (χ4n) is 1.78. The Kier molecular flexibility index (Phi) is 4.48. The third kappa shape index (κ3) is 3.40. The van der Waals surface area contributed by atoms with Gasteiger partial charge in [-0.05, 0) is 29.6 Å². The highest BCUT2D eigenvalue weighted by atomic mass is 79.9. The molecule has 3 rings (SSSR count). The molecule has 3 nitrogen and oxygen atoms in total. The second kappa shape index (κ2) is 6.51. The number of thiazole rings is 1. The van der Waals surface area contributed by atoms with Crippen molar-refractivity contribution in [1.29, 1.82) is 0 Å². The number of aldehydes is 1. The maximum absolute atomic E-state index is 11.0. The van der Waals surface area contributed by atoms with E-state index in [1.807, 2.05) is 29.0 Å². The van der Waals surface area contributed by atoms with E-state index in [1.165, 1.54) is 0 Å². The maximum Gasteiger partial charge on any atom is 0.153 e. The average molecular weight is 380 g/mol. The summed E-state index contributed by atoms with van der Waals surface area (Å²) in [4.78, 5) is 16.7. The van der Waals surface area contributed by atoms with E-state index in [0.717, 1.165) is 26.3 Å². The smallest absolute Gasteiger partial charge is 0.153 e. The Morgan fingerprint density at radius 3 is 2.95 bits per heavy atom. The molecular weight excluding hydrogens is 370 g/mol. The van der Waals surface area contributed by atoms with Crippen molar-refractivity contribution in [1.82, 2.24) is 4.98 Å². The molecule has 0 N–H and O–H groups in total. The quantitative estimate of drug-likeness (QED) is 0.583. The molecule has 0 saturated heterocycles. The number of benzene rings is 1. The second-order valence-electron chi connectivity index (χ2n) is 4.21. The number of rotatable bonds is 5. The molecule has 1 aromatic carbocycles. The molecule has 3 aromatic rings. The molecule has 0 saturated carbocycles. The van der Waals surface area contributed by atoms with Crippen molar-refractivity contribution in [2.24, 2.45) is 0 Å². The lowest BCUT2D eigenvalue weighted by Crippen LogP contribution is -1.98. The lowest BCUT2D eigenvalue weighted by atomic mass is 10.2. The minimum Gasteiger partial charge on any atom is -0.487 e. The third-order valence-electron chi connectivity index (χ3n) is 2.76. The molecular formula is C15H10BrNO2S2. The van der Waals surface area contributed by atoms with Gasteiger partial charge in [0.15, 0.2) is 6.29 Å². The standard InChI is InChI=1S/C15H10BrNO2S2/c16-11-3-4-13(10(6-11)7-18)19-8-12-9-21-15(17-12)14-2-1-5-20-14/h1-7,9H,8H2. The summed E-state index contributed by atoms with van der Waals surface area (Å²) in [7, 11) is 0. The number of carbonyl (C=O) groups excluding carboxylic acids is 1. The van der Waals surface area contributed by atoms with Gasteiger partial charge in [-0.1, -0.05) is 22.0 Å². The van der Waals surface area contributed by atoms with E-state index in [0.29, 0.717) is 17.9 Å². The normalized spacial score (nSPS) is 10.5. The zero-order valence-electron chi connectivity index (χ0n) is 10.8. The van der Waals surface area contributed by atoms with E-state index in [4.69, 9.17) is 4.74 Å². The van der Waals surface area contributed by atoms with Crippen LogP contribution in [0, 0.1) is 0 Å². The highest BCUT2D eigenvalue weighted by molar-refractivity contribution is 9.10. The van der Waals surface area contributed by atoms with Gasteiger partial charge >= 0.3 is 0 Å². The van der Waals surface area contributed by atoms with Crippen LogP contribution >= 0.6 is 38.6 Å². The van der Waals surface area contributed by atoms with Gasteiger partial charge in [0, 0.05) is 9.85 Å². The van der Waals surface area contributed by atoms with Crippen LogP contribution in [-0.4, -0.2) is 11.3 Å². The van der Waals surface area contributed by atoms with Gasteiger partial charge in [0.05, 0.1) is 16.1 Å². The number of nitrogens with zero attached hydrogens (tertiary/aromatic N) is 1. The molecule has 0 amide bonds. The first-order chi connectivity index (χ1) is 10.3. The van der Waals surface area contributed by atoms with Gasteiger partial charge in [0.2, 0.25) is 0 Å². The third-order valence-corrected chi connectivity index (χ3v) is 5.18. The molecule has 0 radical (unpaired) electrons. The van der Waals surface area contributed by atoms with Crippen LogP contribution in [0.1, 0.15) is 16.1 Å². The van der Waals surface area contributed by atoms with Crippen LogP contribution < -0.4 is 4.74 Å². The average Bonchev–Trinajstić information content (AvgIpc) is 3.16. The van der Waals surface area contributed by atoms with E-state index < -0.39 is 0 Å². The summed E-state index contributed by atoms with van der Waals surface area (Å²) in [5.41, 5.74) is 1.39. The van der Waals surface area contributed by atoms with Crippen molar-refractivity contribution in [2.75, 3.05) is 0 Å². The number of hydrogen-bond acceptors (Lipinski definition) is 5. The molecule has 0 spiro atoms. The Bertz CT molecular complexity index is 753. The lowest BCUT2D eigenvalue weighted by Gasteiger charge is -2.07. The van der Waals surface area contributed by atoms with Gasteiger partial charge < -0.3 is 4.74 Å². The van der Waals surface area contributed by atoms with E-state index in [-0.39, 0.29) is 0 Å². The summed E-state index contributed by atoms with van der Waals surface area (Å²) in [5.74, 6) is 0.568. The Morgan fingerprint density at radius 2 is 2.19 bits per heavy atom. The monoisotopic (exact) mass is 379 g/mol. The number of ether oxygens (including phenoxy) is 1.